The van der Waals surface area contributed by atoms with Gasteiger partial charge in [0.2, 0.25) is 0 Å². The summed E-state index contributed by atoms with van der Waals surface area (Å²) in [5, 5.41) is 1.08. The maximum Gasteiger partial charge on any atom is 0.161 e. The Labute approximate surface area is 83.3 Å². The summed E-state index contributed by atoms with van der Waals surface area (Å²) in [5.74, 6) is 0.787. The zero-order valence-electron chi connectivity index (χ0n) is 6.47. The molecule has 2 heterocycles. The first-order chi connectivity index (χ1) is 5.81. The molecular weight excluding hydrogens is 267 g/mol. The number of methoxy groups -OCH3 is 1. The van der Waals surface area contributed by atoms with E-state index in [1.807, 2.05) is 12.3 Å². The molecule has 12 heavy (non-hydrogen) atoms. The highest BCUT2D eigenvalue weighted by molar-refractivity contribution is 14.1. The molecule has 0 spiro atoms. The number of ether oxygens (including phenoxy) is 1. The van der Waals surface area contributed by atoms with Crippen LogP contribution in [0.3, 0.4) is 0 Å². The minimum Gasteiger partial charge on any atom is -0.493 e. The van der Waals surface area contributed by atoms with Gasteiger partial charge in [-0.1, -0.05) is 0 Å². The van der Waals surface area contributed by atoms with E-state index in [0.29, 0.717) is 0 Å². The first kappa shape index (κ1) is 7.85. The van der Waals surface area contributed by atoms with Crippen molar-refractivity contribution in [1.82, 2.24) is 9.97 Å². The van der Waals surface area contributed by atoms with E-state index in [-0.39, 0.29) is 0 Å². The van der Waals surface area contributed by atoms with Crippen LogP contribution in [0.25, 0.3) is 10.9 Å². The SMILES string of the molecule is COc1cncc2cc(I)[nH]c12. The summed E-state index contributed by atoms with van der Waals surface area (Å²) in [6.07, 6.45) is 3.52. The number of hydrogen-bond donors (Lipinski definition) is 1. The summed E-state index contributed by atoms with van der Waals surface area (Å²) in [6.45, 7) is 0. The molecule has 0 saturated carbocycles. The Morgan fingerprint density at radius 3 is 3.08 bits per heavy atom. The number of nitrogens with zero attached hydrogens (tertiary/aromatic N) is 1. The van der Waals surface area contributed by atoms with Crippen molar-refractivity contribution >= 4 is 33.5 Å². The number of H-pyrrole nitrogens is 1. The Morgan fingerprint density at radius 2 is 2.33 bits per heavy atom. The normalized spacial score (nSPS) is 10.5. The molecule has 0 amide bonds. The molecule has 0 bridgehead atoms. The molecule has 62 valence electrons. The summed E-state index contributed by atoms with van der Waals surface area (Å²) in [4.78, 5) is 7.25. The molecule has 2 aromatic rings. The van der Waals surface area contributed by atoms with Crippen molar-refractivity contribution in [2.75, 3.05) is 7.11 Å². The standard InChI is InChI=1S/C8H7IN2O/c1-12-6-4-10-3-5-2-7(9)11-8(5)6/h2-4,11H,1H3. The van der Waals surface area contributed by atoms with Gasteiger partial charge >= 0.3 is 0 Å². The molecule has 2 aromatic heterocycles. The maximum absolute atomic E-state index is 5.14. The van der Waals surface area contributed by atoms with Crippen LogP contribution in [-0.2, 0) is 0 Å². The minimum absolute atomic E-state index is 0.787. The van der Waals surface area contributed by atoms with Crippen molar-refractivity contribution in [1.29, 1.82) is 0 Å². The Balaban J connectivity index is 2.78. The summed E-state index contributed by atoms with van der Waals surface area (Å²) in [5.41, 5.74) is 1.01. The average molecular weight is 274 g/mol. The Kier molecular flexibility index (Phi) is 1.92. The van der Waals surface area contributed by atoms with Gasteiger partial charge in [-0.3, -0.25) is 4.98 Å². The summed E-state index contributed by atoms with van der Waals surface area (Å²) in [6, 6.07) is 2.03. The highest BCUT2D eigenvalue weighted by Gasteiger charge is 2.03. The predicted octanol–water partition coefficient (Wildman–Crippen LogP) is 2.18. The molecule has 0 fully saturated rings. The van der Waals surface area contributed by atoms with Gasteiger partial charge in [-0.15, -0.1) is 0 Å². The monoisotopic (exact) mass is 274 g/mol. The molecule has 0 aromatic carbocycles. The van der Waals surface area contributed by atoms with Crippen LogP contribution in [0.1, 0.15) is 0 Å². The highest BCUT2D eigenvalue weighted by Crippen LogP contribution is 2.24. The van der Waals surface area contributed by atoms with Gasteiger partial charge in [0.05, 0.1) is 22.5 Å². The third-order valence-electron chi connectivity index (χ3n) is 1.69. The van der Waals surface area contributed by atoms with Gasteiger partial charge in [0, 0.05) is 11.6 Å². The molecule has 2 rings (SSSR count). The molecule has 0 radical (unpaired) electrons. The molecule has 3 nitrogen and oxygen atoms in total. The van der Waals surface area contributed by atoms with E-state index < -0.39 is 0 Å². The van der Waals surface area contributed by atoms with Crippen LogP contribution >= 0.6 is 22.6 Å². The van der Waals surface area contributed by atoms with E-state index in [2.05, 4.69) is 32.6 Å². The molecule has 0 aliphatic carbocycles. The molecule has 0 unspecified atom stereocenters. The van der Waals surface area contributed by atoms with Crippen LogP contribution in [0.5, 0.6) is 5.75 Å². The molecule has 1 N–H and O–H groups in total. The van der Waals surface area contributed by atoms with Gasteiger partial charge in [0.1, 0.15) is 0 Å². The lowest BCUT2D eigenvalue weighted by Gasteiger charge is -1.98. The molecular formula is C8H7IN2O. The van der Waals surface area contributed by atoms with Gasteiger partial charge in [0.25, 0.3) is 0 Å². The molecule has 0 aliphatic heterocycles. The average Bonchev–Trinajstić information content (AvgIpc) is 2.44. The van der Waals surface area contributed by atoms with Gasteiger partial charge in [-0.05, 0) is 28.7 Å². The predicted molar refractivity (Wildman–Crippen MR) is 55.4 cm³/mol. The molecule has 4 heteroatoms. The highest BCUT2D eigenvalue weighted by atomic mass is 127. The van der Waals surface area contributed by atoms with Gasteiger partial charge in [0.15, 0.2) is 5.75 Å². The van der Waals surface area contributed by atoms with Crippen molar-refractivity contribution in [3.8, 4) is 5.75 Å². The van der Waals surface area contributed by atoms with Gasteiger partial charge in [-0.2, -0.15) is 0 Å². The van der Waals surface area contributed by atoms with Crippen LogP contribution in [0, 0.1) is 3.70 Å². The van der Waals surface area contributed by atoms with E-state index in [1.165, 1.54) is 0 Å². The van der Waals surface area contributed by atoms with Crippen LogP contribution in [-0.4, -0.2) is 17.1 Å². The van der Waals surface area contributed by atoms with E-state index in [1.54, 1.807) is 13.3 Å². The lowest BCUT2D eigenvalue weighted by atomic mass is 10.3. The third kappa shape index (κ3) is 1.16. The summed E-state index contributed by atoms with van der Waals surface area (Å²) >= 11 is 2.23. The van der Waals surface area contributed by atoms with Gasteiger partial charge in [-0.25, -0.2) is 0 Å². The Bertz CT molecular complexity index is 410. The molecule has 0 aliphatic rings. The second-order valence-corrected chi connectivity index (χ2v) is 3.59. The zero-order valence-corrected chi connectivity index (χ0v) is 8.62. The number of pyridine rings is 1. The quantitative estimate of drug-likeness (QED) is 0.809. The first-order valence-electron chi connectivity index (χ1n) is 3.47. The van der Waals surface area contributed by atoms with E-state index in [4.69, 9.17) is 4.74 Å². The smallest absolute Gasteiger partial charge is 0.161 e. The van der Waals surface area contributed by atoms with Crippen molar-refractivity contribution in [2.24, 2.45) is 0 Å². The lowest BCUT2D eigenvalue weighted by Crippen LogP contribution is -1.85. The minimum atomic E-state index is 0.787. The van der Waals surface area contributed by atoms with Crippen LogP contribution < -0.4 is 4.74 Å². The fraction of sp³-hybridized carbons (Fsp3) is 0.125. The Hall–Kier alpha value is -0.780. The second kappa shape index (κ2) is 2.93. The number of halogens is 1. The molecule has 0 atom stereocenters. The Morgan fingerprint density at radius 1 is 1.50 bits per heavy atom. The van der Waals surface area contributed by atoms with Crippen molar-refractivity contribution in [3.63, 3.8) is 0 Å². The number of aromatic amines is 1. The second-order valence-electron chi connectivity index (χ2n) is 2.42. The summed E-state index contributed by atoms with van der Waals surface area (Å²) < 4.78 is 6.24. The largest absolute Gasteiger partial charge is 0.493 e. The fourth-order valence-electron chi connectivity index (χ4n) is 1.15. The van der Waals surface area contributed by atoms with Crippen molar-refractivity contribution in [3.05, 3.63) is 22.2 Å². The van der Waals surface area contributed by atoms with Crippen LogP contribution in [0.2, 0.25) is 0 Å². The first-order valence-corrected chi connectivity index (χ1v) is 4.55. The topological polar surface area (TPSA) is 37.9 Å². The third-order valence-corrected chi connectivity index (χ3v) is 2.27. The number of rotatable bonds is 1. The van der Waals surface area contributed by atoms with Crippen molar-refractivity contribution in [2.45, 2.75) is 0 Å². The maximum atomic E-state index is 5.14. The van der Waals surface area contributed by atoms with Crippen molar-refractivity contribution < 1.29 is 4.74 Å². The zero-order chi connectivity index (χ0) is 8.55. The molecule has 0 saturated heterocycles. The van der Waals surface area contributed by atoms with E-state index in [9.17, 15) is 0 Å². The van der Waals surface area contributed by atoms with Crippen LogP contribution in [0.15, 0.2) is 18.5 Å². The van der Waals surface area contributed by atoms with Crippen LogP contribution in [0.4, 0.5) is 0 Å². The van der Waals surface area contributed by atoms with Gasteiger partial charge < -0.3 is 9.72 Å². The lowest BCUT2D eigenvalue weighted by molar-refractivity contribution is 0.417. The van der Waals surface area contributed by atoms with E-state index >= 15 is 0 Å². The fourth-order valence-corrected chi connectivity index (χ4v) is 1.75. The number of aromatic nitrogens is 2. The number of hydrogen-bond acceptors (Lipinski definition) is 2. The van der Waals surface area contributed by atoms with E-state index in [0.717, 1.165) is 20.4 Å². The number of fused-ring (bicyclic) bond motifs is 1. The number of nitrogens with one attached hydrogen (secondary N) is 1. The summed E-state index contributed by atoms with van der Waals surface area (Å²) in [7, 11) is 1.64.